The number of carboxylic acids is 1. The summed E-state index contributed by atoms with van der Waals surface area (Å²) in [6, 6.07) is -1.88. The summed E-state index contributed by atoms with van der Waals surface area (Å²) < 4.78 is 0. The van der Waals surface area contributed by atoms with Crippen molar-refractivity contribution in [3.63, 3.8) is 0 Å². The Morgan fingerprint density at radius 2 is 1.90 bits per heavy atom. The van der Waals surface area contributed by atoms with E-state index in [1.165, 1.54) is 12.8 Å². The number of aliphatic carboxylic acids is 1. The zero-order chi connectivity index (χ0) is 15.0. The maximum Gasteiger partial charge on any atom is 0.326 e. The molecule has 20 heavy (non-hydrogen) atoms. The molecule has 3 amide bonds. The summed E-state index contributed by atoms with van der Waals surface area (Å²) in [6.45, 7) is 3.59. The summed E-state index contributed by atoms with van der Waals surface area (Å²) in [5.41, 5.74) is 4.92. The molecule has 0 aliphatic carbocycles. The molecule has 1 aliphatic heterocycles. The van der Waals surface area contributed by atoms with Crippen LogP contribution in [0.5, 0.6) is 0 Å². The van der Waals surface area contributed by atoms with Crippen LogP contribution in [0.15, 0.2) is 0 Å². The van der Waals surface area contributed by atoms with E-state index < -0.39 is 30.4 Å². The second kappa shape index (κ2) is 8.36. The lowest BCUT2D eigenvalue weighted by Crippen LogP contribution is -2.48. The summed E-state index contributed by atoms with van der Waals surface area (Å²) in [6.07, 6.45) is 2.83. The monoisotopic (exact) mass is 286 g/mol. The first-order chi connectivity index (χ1) is 9.49. The lowest BCUT2D eigenvalue weighted by Gasteiger charge is -2.16. The fourth-order valence-corrected chi connectivity index (χ4v) is 2.12. The first-order valence-electron chi connectivity index (χ1n) is 6.77. The molecule has 0 aromatic carbocycles. The van der Waals surface area contributed by atoms with Crippen molar-refractivity contribution in [3.8, 4) is 0 Å². The van der Waals surface area contributed by atoms with Crippen LogP contribution in [-0.2, 0) is 9.59 Å². The lowest BCUT2D eigenvalue weighted by atomic mass is 10.2. The van der Waals surface area contributed by atoms with Gasteiger partial charge in [-0.05, 0) is 38.9 Å². The van der Waals surface area contributed by atoms with Crippen molar-refractivity contribution in [3.05, 3.63) is 0 Å². The van der Waals surface area contributed by atoms with Crippen LogP contribution < -0.4 is 16.4 Å². The van der Waals surface area contributed by atoms with Crippen molar-refractivity contribution in [2.45, 2.75) is 31.7 Å². The molecule has 0 aromatic heterocycles. The summed E-state index contributed by atoms with van der Waals surface area (Å²) in [4.78, 5) is 35.3. The van der Waals surface area contributed by atoms with E-state index in [2.05, 4.69) is 15.5 Å². The smallest absolute Gasteiger partial charge is 0.326 e. The molecule has 0 saturated carbocycles. The van der Waals surface area contributed by atoms with Gasteiger partial charge in [0.2, 0.25) is 5.91 Å². The van der Waals surface area contributed by atoms with Crippen LogP contribution in [0.1, 0.15) is 25.7 Å². The van der Waals surface area contributed by atoms with Gasteiger partial charge < -0.3 is 26.4 Å². The maximum absolute atomic E-state index is 11.5. The predicted octanol–water partition coefficient (Wildman–Crippen LogP) is -0.900. The van der Waals surface area contributed by atoms with Crippen LogP contribution in [0.2, 0.25) is 0 Å². The molecule has 1 rings (SSSR count). The summed E-state index contributed by atoms with van der Waals surface area (Å²) in [5, 5.41) is 13.6. The molecule has 1 aliphatic rings. The van der Waals surface area contributed by atoms with Gasteiger partial charge in [0.25, 0.3) is 0 Å². The second-order valence-corrected chi connectivity index (χ2v) is 4.86. The normalized spacial score (nSPS) is 16.6. The Morgan fingerprint density at radius 3 is 2.45 bits per heavy atom. The molecule has 0 radical (unpaired) electrons. The Hall–Kier alpha value is -1.83. The van der Waals surface area contributed by atoms with E-state index >= 15 is 0 Å². The lowest BCUT2D eigenvalue weighted by molar-refractivity contribution is -0.140. The number of likely N-dealkylation sites (tertiary alicyclic amines) is 1. The molecule has 1 atom stereocenters. The molecule has 0 spiro atoms. The van der Waals surface area contributed by atoms with Gasteiger partial charge in [-0.15, -0.1) is 0 Å². The minimum atomic E-state index is -1.29. The van der Waals surface area contributed by atoms with Crippen molar-refractivity contribution >= 4 is 17.9 Å². The Kier molecular flexibility index (Phi) is 6.78. The average Bonchev–Trinajstić information content (AvgIpc) is 2.86. The van der Waals surface area contributed by atoms with Crippen LogP contribution >= 0.6 is 0 Å². The Morgan fingerprint density at radius 1 is 1.25 bits per heavy atom. The molecule has 1 saturated heterocycles. The highest BCUT2D eigenvalue weighted by Gasteiger charge is 2.21. The zero-order valence-electron chi connectivity index (χ0n) is 11.4. The van der Waals surface area contributed by atoms with Crippen LogP contribution in [0, 0.1) is 0 Å². The van der Waals surface area contributed by atoms with Gasteiger partial charge in [-0.2, -0.15) is 0 Å². The molecule has 8 heteroatoms. The van der Waals surface area contributed by atoms with E-state index in [4.69, 9.17) is 10.8 Å². The first kappa shape index (κ1) is 16.2. The SMILES string of the molecule is NC(=O)C[C@H](NC(=O)NCCCN1CCCC1)C(=O)O. The number of amides is 3. The molecule has 1 heterocycles. The third-order valence-corrected chi connectivity index (χ3v) is 3.14. The summed E-state index contributed by atoms with van der Waals surface area (Å²) in [7, 11) is 0. The van der Waals surface area contributed by atoms with E-state index in [0.29, 0.717) is 6.54 Å². The predicted molar refractivity (Wildman–Crippen MR) is 72.1 cm³/mol. The standard InChI is InChI=1S/C12H22N4O4/c13-10(17)8-9(11(18)19)15-12(20)14-4-3-7-16-5-1-2-6-16/h9H,1-8H2,(H2,13,17)(H,18,19)(H2,14,15,20)/t9-/m0/s1. The molecule has 0 unspecified atom stereocenters. The first-order valence-corrected chi connectivity index (χ1v) is 6.77. The molecule has 0 aromatic rings. The Labute approximate surface area is 117 Å². The Balaban J connectivity index is 2.17. The molecular weight excluding hydrogens is 264 g/mol. The Bertz CT molecular complexity index is 355. The van der Waals surface area contributed by atoms with E-state index in [0.717, 1.165) is 26.1 Å². The van der Waals surface area contributed by atoms with Crippen molar-refractivity contribution in [2.75, 3.05) is 26.2 Å². The van der Waals surface area contributed by atoms with Gasteiger partial charge in [-0.3, -0.25) is 4.79 Å². The quantitative estimate of drug-likeness (QED) is 0.430. The summed E-state index contributed by atoms with van der Waals surface area (Å²) in [5.74, 6) is -2.05. The highest BCUT2D eigenvalue weighted by molar-refractivity contribution is 5.87. The fraction of sp³-hybridized carbons (Fsp3) is 0.750. The molecule has 0 bridgehead atoms. The van der Waals surface area contributed by atoms with Gasteiger partial charge in [-0.1, -0.05) is 0 Å². The highest BCUT2D eigenvalue weighted by atomic mass is 16.4. The van der Waals surface area contributed by atoms with Gasteiger partial charge in [0.15, 0.2) is 0 Å². The summed E-state index contributed by atoms with van der Waals surface area (Å²) >= 11 is 0. The number of nitrogens with zero attached hydrogens (tertiary/aromatic N) is 1. The number of nitrogens with one attached hydrogen (secondary N) is 2. The third-order valence-electron chi connectivity index (χ3n) is 3.14. The van der Waals surface area contributed by atoms with Crippen LogP contribution in [-0.4, -0.2) is 60.1 Å². The minimum absolute atomic E-state index is 0.420. The number of carbonyl (C=O) groups excluding carboxylic acids is 2. The minimum Gasteiger partial charge on any atom is -0.480 e. The number of carboxylic acid groups (broad SMARTS) is 1. The number of hydrogen-bond donors (Lipinski definition) is 4. The largest absolute Gasteiger partial charge is 0.480 e. The van der Waals surface area contributed by atoms with Crippen LogP contribution in [0.4, 0.5) is 4.79 Å². The molecule has 114 valence electrons. The fourth-order valence-electron chi connectivity index (χ4n) is 2.12. The van der Waals surface area contributed by atoms with E-state index in [-0.39, 0.29) is 0 Å². The number of carbonyl (C=O) groups is 3. The van der Waals surface area contributed by atoms with E-state index in [1.807, 2.05) is 0 Å². The topological polar surface area (TPSA) is 125 Å². The number of rotatable bonds is 8. The van der Waals surface area contributed by atoms with Crippen molar-refractivity contribution in [1.29, 1.82) is 0 Å². The number of nitrogens with two attached hydrogens (primary N) is 1. The molecule has 1 fully saturated rings. The van der Waals surface area contributed by atoms with E-state index in [1.54, 1.807) is 0 Å². The van der Waals surface area contributed by atoms with Crippen LogP contribution in [0.25, 0.3) is 0 Å². The number of hydrogen-bond acceptors (Lipinski definition) is 4. The number of primary amides is 1. The van der Waals surface area contributed by atoms with Gasteiger partial charge in [0.05, 0.1) is 6.42 Å². The third kappa shape index (κ3) is 6.37. The van der Waals surface area contributed by atoms with Crippen molar-refractivity contribution in [1.82, 2.24) is 15.5 Å². The van der Waals surface area contributed by atoms with Gasteiger partial charge in [0.1, 0.15) is 6.04 Å². The average molecular weight is 286 g/mol. The zero-order valence-corrected chi connectivity index (χ0v) is 11.4. The highest BCUT2D eigenvalue weighted by Crippen LogP contribution is 2.06. The van der Waals surface area contributed by atoms with Crippen LogP contribution in [0.3, 0.4) is 0 Å². The van der Waals surface area contributed by atoms with Gasteiger partial charge in [0, 0.05) is 6.54 Å². The van der Waals surface area contributed by atoms with Gasteiger partial charge >= 0.3 is 12.0 Å². The maximum atomic E-state index is 11.5. The molecule has 5 N–H and O–H groups in total. The number of urea groups is 1. The van der Waals surface area contributed by atoms with Gasteiger partial charge in [-0.25, -0.2) is 9.59 Å². The van der Waals surface area contributed by atoms with Crippen molar-refractivity contribution < 1.29 is 19.5 Å². The molecule has 8 nitrogen and oxygen atoms in total. The van der Waals surface area contributed by atoms with Crippen molar-refractivity contribution in [2.24, 2.45) is 5.73 Å². The molecular formula is C12H22N4O4. The van der Waals surface area contributed by atoms with E-state index in [9.17, 15) is 14.4 Å². The second-order valence-electron chi connectivity index (χ2n) is 4.86.